The van der Waals surface area contributed by atoms with E-state index in [-0.39, 0.29) is 23.4 Å². The van der Waals surface area contributed by atoms with Crippen LogP contribution < -0.4 is 5.32 Å². The average Bonchev–Trinajstić information content (AvgIpc) is 3.31. The number of hydrogen-bond donors (Lipinski definition) is 1. The number of aryl methyl sites for hydroxylation is 1. The van der Waals surface area contributed by atoms with Gasteiger partial charge < -0.3 is 10.2 Å². The van der Waals surface area contributed by atoms with Crippen LogP contribution in [-0.4, -0.2) is 47.3 Å². The predicted molar refractivity (Wildman–Crippen MR) is 129 cm³/mol. The summed E-state index contributed by atoms with van der Waals surface area (Å²) in [5, 5.41) is 2.74. The second-order valence-corrected chi connectivity index (χ2v) is 9.81. The van der Waals surface area contributed by atoms with E-state index in [1.165, 1.54) is 24.3 Å². The standard InChI is InChI=1S/C27H33F2N3O2/c1-17-10-21(12-23(28)11-17)26(33)30-25-14-24(29)13-22(19(25)3)16-31-8-9-32(18(2)15-31)27(34)20-6-4-5-7-20/h10-14,18,20H,4-9,15-16H2,1-3H3,(H,30,33). The molecule has 1 aliphatic heterocycles. The van der Waals surface area contributed by atoms with Crippen LogP contribution >= 0.6 is 0 Å². The predicted octanol–water partition coefficient (Wildman–Crippen LogP) is 5.06. The maximum absolute atomic E-state index is 14.5. The topological polar surface area (TPSA) is 52.7 Å². The van der Waals surface area contributed by atoms with E-state index in [0.717, 1.165) is 49.9 Å². The Labute approximate surface area is 200 Å². The third kappa shape index (κ3) is 5.46. The zero-order chi connectivity index (χ0) is 24.4. The van der Waals surface area contributed by atoms with Crippen molar-refractivity contribution in [2.45, 2.75) is 59.0 Å². The molecule has 1 N–H and O–H groups in total. The van der Waals surface area contributed by atoms with Crippen LogP contribution in [0.4, 0.5) is 14.5 Å². The lowest BCUT2D eigenvalue weighted by molar-refractivity contribution is -0.140. The van der Waals surface area contributed by atoms with Crippen molar-refractivity contribution >= 4 is 17.5 Å². The van der Waals surface area contributed by atoms with Crippen LogP contribution in [0.25, 0.3) is 0 Å². The monoisotopic (exact) mass is 469 g/mol. The van der Waals surface area contributed by atoms with E-state index in [1.807, 2.05) is 11.8 Å². The molecule has 7 heteroatoms. The molecule has 1 unspecified atom stereocenters. The molecule has 1 saturated heterocycles. The van der Waals surface area contributed by atoms with Crippen molar-refractivity contribution in [2.75, 3.05) is 25.0 Å². The van der Waals surface area contributed by atoms with Gasteiger partial charge in [0.2, 0.25) is 5.91 Å². The fourth-order valence-corrected chi connectivity index (χ4v) is 5.24. The number of nitrogens with one attached hydrogen (secondary N) is 1. The summed E-state index contributed by atoms with van der Waals surface area (Å²) in [7, 11) is 0. The molecule has 1 heterocycles. The van der Waals surface area contributed by atoms with Crippen molar-refractivity contribution < 1.29 is 18.4 Å². The smallest absolute Gasteiger partial charge is 0.255 e. The summed E-state index contributed by atoms with van der Waals surface area (Å²) >= 11 is 0. The van der Waals surface area contributed by atoms with Crippen molar-refractivity contribution in [2.24, 2.45) is 5.92 Å². The molecular formula is C27H33F2N3O2. The van der Waals surface area contributed by atoms with Crippen molar-refractivity contribution in [3.63, 3.8) is 0 Å². The summed E-state index contributed by atoms with van der Waals surface area (Å²) in [5.74, 6) is -0.942. The molecular weight excluding hydrogens is 436 g/mol. The number of piperazine rings is 1. The molecule has 0 bridgehead atoms. The van der Waals surface area contributed by atoms with Crippen LogP contribution in [0.5, 0.6) is 0 Å². The first-order chi connectivity index (χ1) is 16.2. The first-order valence-corrected chi connectivity index (χ1v) is 12.1. The van der Waals surface area contributed by atoms with Crippen LogP contribution in [0.3, 0.4) is 0 Å². The van der Waals surface area contributed by atoms with Gasteiger partial charge in [-0.15, -0.1) is 0 Å². The van der Waals surface area contributed by atoms with Gasteiger partial charge in [-0.05, 0) is 80.6 Å². The van der Waals surface area contributed by atoms with Gasteiger partial charge in [-0.1, -0.05) is 12.8 Å². The Morgan fingerprint density at radius 2 is 1.71 bits per heavy atom. The molecule has 0 aromatic heterocycles. The van der Waals surface area contributed by atoms with Gasteiger partial charge in [0.1, 0.15) is 11.6 Å². The summed E-state index contributed by atoms with van der Waals surface area (Å²) in [4.78, 5) is 29.8. The van der Waals surface area contributed by atoms with Crippen molar-refractivity contribution in [3.8, 4) is 0 Å². The highest BCUT2D eigenvalue weighted by molar-refractivity contribution is 6.04. The van der Waals surface area contributed by atoms with Crippen LogP contribution in [0.2, 0.25) is 0 Å². The van der Waals surface area contributed by atoms with Gasteiger partial charge in [0, 0.05) is 49.4 Å². The Kier molecular flexibility index (Phi) is 7.31. The first-order valence-electron chi connectivity index (χ1n) is 12.1. The highest BCUT2D eigenvalue weighted by Gasteiger charge is 2.33. The number of amides is 2. The third-order valence-corrected chi connectivity index (χ3v) is 7.13. The Bertz CT molecular complexity index is 1060. The van der Waals surface area contributed by atoms with E-state index in [0.29, 0.717) is 24.3 Å². The lowest BCUT2D eigenvalue weighted by Gasteiger charge is -2.41. The molecule has 2 aromatic rings. The number of benzene rings is 2. The lowest BCUT2D eigenvalue weighted by Crippen LogP contribution is -2.54. The van der Waals surface area contributed by atoms with Gasteiger partial charge in [-0.3, -0.25) is 14.5 Å². The number of rotatable bonds is 5. The lowest BCUT2D eigenvalue weighted by atomic mass is 10.0. The maximum Gasteiger partial charge on any atom is 0.255 e. The van der Waals surface area contributed by atoms with E-state index >= 15 is 0 Å². The van der Waals surface area contributed by atoms with Gasteiger partial charge in [0.05, 0.1) is 0 Å². The number of anilines is 1. The number of nitrogens with zero attached hydrogens (tertiary/aromatic N) is 2. The fourth-order valence-electron chi connectivity index (χ4n) is 5.24. The Morgan fingerprint density at radius 3 is 2.38 bits per heavy atom. The van der Waals surface area contributed by atoms with Gasteiger partial charge in [-0.25, -0.2) is 8.78 Å². The van der Waals surface area contributed by atoms with E-state index in [2.05, 4.69) is 17.1 Å². The van der Waals surface area contributed by atoms with Gasteiger partial charge in [-0.2, -0.15) is 0 Å². The van der Waals surface area contributed by atoms with Gasteiger partial charge >= 0.3 is 0 Å². The molecule has 1 aliphatic carbocycles. The van der Waals surface area contributed by atoms with E-state index in [1.54, 1.807) is 13.0 Å². The first kappa shape index (κ1) is 24.3. The number of carbonyl (C=O) groups excluding carboxylic acids is 2. The molecule has 5 nitrogen and oxygen atoms in total. The Balaban J connectivity index is 1.44. The largest absolute Gasteiger partial charge is 0.337 e. The summed E-state index contributed by atoms with van der Waals surface area (Å²) in [6.07, 6.45) is 4.28. The molecule has 1 saturated carbocycles. The van der Waals surface area contributed by atoms with E-state index < -0.39 is 17.5 Å². The minimum atomic E-state index is -0.485. The quantitative estimate of drug-likeness (QED) is 0.666. The third-order valence-electron chi connectivity index (χ3n) is 7.13. The van der Waals surface area contributed by atoms with Crippen molar-refractivity contribution in [3.05, 3.63) is 64.2 Å². The number of carbonyl (C=O) groups is 2. The number of halogens is 2. The van der Waals surface area contributed by atoms with E-state index in [9.17, 15) is 18.4 Å². The fraction of sp³-hybridized carbons (Fsp3) is 0.481. The molecule has 2 aliphatic rings. The van der Waals surface area contributed by atoms with Crippen LogP contribution in [0, 0.1) is 31.4 Å². The second-order valence-electron chi connectivity index (χ2n) is 9.81. The summed E-state index contributed by atoms with van der Waals surface area (Å²) in [6.45, 7) is 8.29. The molecule has 2 fully saturated rings. The highest BCUT2D eigenvalue weighted by Crippen LogP contribution is 2.29. The minimum Gasteiger partial charge on any atom is -0.337 e. The zero-order valence-electron chi connectivity index (χ0n) is 20.2. The molecule has 1 atom stereocenters. The zero-order valence-corrected chi connectivity index (χ0v) is 20.2. The van der Waals surface area contributed by atoms with Crippen LogP contribution in [-0.2, 0) is 11.3 Å². The molecule has 0 spiro atoms. The van der Waals surface area contributed by atoms with Crippen LogP contribution in [0.1, 0.15) is 59.7 Å². The molecule has 2 amide bonds. The average molecular weight is 470 g/mol. The molecule has 2 aromatic carbocycles. The van der Waals surface area contributed by atoms with Gasteiger partial charge in [0.15, 0.2) is 0 Å². The van der Waals surface area contributed by atoms with Gasteiger partial charge in [0.25, 0.3) is 5.91 Å². The molecule has 182 valence electrons. The van der Waals surface area contributed by atoms with Crippen molar-refractivity contribution in [1.29, 1.82) is 0 Å². The second kappa shape index (κ2) is 10.2. The summed E-state index contributed by atoms with van der Waals surface area (Å²) < 4.78 is 28.2. The van der Waals surface area contributed by atoms with Crippen LogP contribution in [0.15, 0.2) is 30.3 Å². The Morgan fingerprint density at radius 1 is 1.00 bits per heavy atom. The summed E-state index contributed by atoms with van der Waals surface area (Å²) in [5.41, 5.74) is 2.78. The summed E-state index contributed by atoms with van der Waals surface area (Å²) in [6, 6.07) is 7.02. The van der Waals surface area contributed by atoms with Crippen molar-refractivity contribution in [1.82, 2.24) is 9.80 Å². The molecule has 0 radical (unpaired) electrons. The molecule has 4 rings (SSSR count). The molecule has 34 heavy (non-hydrogen) atoms. The number of hydrogen-bond acceptors (Lipinski definition) is 3. The highest BCUT2D eigenvalue weighted by atomic mass is 19.1. The van der Waals surface area contributed by atoms with E-state index in [4.69, 9.17) is 0 Å². The minimum absolute atomic E-state index is 0.103. The maximum atomic E-state index is 14.5. The normalized spacial score (nSPS) is 19.4. The Hall–Kier alpha value is -2.80. The SMILES string of the molecule is Cc1cc(F)cc(C(=O)Nc2cc(F)cc(CN3CCN(C(=O)C4CCCC4)C(C)C3)c2C)c1.